The second-order valence-corrected chi connectivity index (χ2v) is 12.9. The fourth-order valence-corrected chi connectivity index (χ4v) is 9.28. The van der Waals surface area contributed by atoms with Crippen LogP contribution in [0, 0.1) is 28.1 Å². The molecule has 0 aromatic heterocycles. The molecule has 3 N–H and O–H groups in total. The smallest absolute Gasteiger partial charge is 0.358 e. The summed E-state index contributed by atoms with van der Waals surface area (Å²) in [5, 5.41) is 35.7. The van der Waals surface area contributed by atoms with Crippen LogP contribution in [-0.2, 0) is 38.1 Å². The summed E-state index contributed by atoms with van der Waals surface area (Å²) in [6.45, 7) is 6.74. The average molecular weight is 577 g/mol. The van der Waals surface area contributed by atoms with E-state index in [9.17, 15) is 29.7 Å². The third-order valence-corrected chi connectivity index (χ3v) is 10.3. The minimum Gasteiger partial charge on any atom is -0.456 e. The van der Waals surface area contributed by atoms with Crippen LogP contribution in [0.25, 0.3) is 0 Å². The van der Waals surface area contributed by atoms with Crippen molar-refractivity contribution in [3.63, 3.8) is 0 Å². The Morgan fingerprint density at radius 3 is 2.33 bits per heavy atom. The number of carbonyl (C=O) groups excluding carboxylic acids is 3. The van der Waals surface area contributed by atoms with Gasteiger partial charge in [-0.05, 0) is 24.5 Å². The molecule has 7 rings (SSSR count). The predicted molar refractivity (Wildman–Crippen MR) is 132 cm³/mol. The molecule has 6 aliphatic rings. The van der Waals surface area contributed by atoms with Crippen LogP contribution in [0.2, 0.25) is 0 Å². The molecule has 1 aromatic carbocycles. The summed E-state index contributed by atoms with van der Waals surface area (Å²) < 4.78 is 34.8. The topological polar surface area (TPSA) is 167 Å². The Balaban J connectivity index is 1.46. The van der Waals surface area contributed by atoms with Crippen LogP contribution in [0.3, 0.4) is 0 Å². The van der Waals surface area contributed by atoms with Gasteiger partial charge in [0.2, 0.25) is 18.0 Å². The number of ether oxygens (including phenoxy) is 6. The number of aliphatic hydroxyl groups excluding tert-OH is 2. The maximum absolute atomic E-state index is 13.8. The lowest BCUT2D eigenvalue weighted by molar-refractivity contribution is -0.240. The molecule has 2 saturated carbocycles. The number of fused-ring (bicyclic) bond motifs is 1. The zero-order valence-electron chi connectivity index (χ0n) is 21.9. The van der Waals surface area contributed by atoms with Gasteiger partial charge in [-0.25, -0.2) is 9.59 Å². The third kappa shape index (κ3) is 2.38. The van der Waals surface area contributed by atoms with Crippen LogP contribution in [0.4, 0.5) is 0 Å². The lowest BCUT2D eigenvalue weighted by Crippen LogP contribution is -2.67. The first kappa shape index (κ1) is 26.1. The lowest BCUT2D eigenvalue weighted by atomic mass is 9.51. The summed E-state index contributed by atoms with van der Waals surface area (Å²) in [7, 11) is 0. The van der Waals surface area contributed by atoms with Gasteiger partial charge >= 0.3 is 23.1 Å². The second kappa shape index (κ2) is 7.51. The van der Waals surface area contributed by atoms with E-state index in [1.165, 1.54) is 6.92 Å². The van der Waals surface area contributed by atoms with E-state index < -0.39 is 99.2 Å². The van der Waals surface area contributed by atoms with E-state index in [-0.39, 0.29) is 0 Å². The number of esters is 3. The van der Waals surface area contributed by atoms with Gasteiger partial charge in [0.15, 0.2) is 11.7 Å². The van der Waals surface area contributed by atoms with Crippen LogP contribution in [-0.4, -0.2) is 86.5 Å². The second-order valence-electron chi connectivity index (χ2n) is 12.5. The summed E-state index contributed by atoms with van der Waals surface area (Å²) in [6.07, 6.45) is -9.67. The van der Waals surface area contributed by atoms with E-state index in [0.717, 1.165) is 0 Å². The van der Waals surface area contributed by atoms with Crippen LogP contribution in [0.5, 0.6) is 5.75 Å². The van der Waals surface area contributed by atoms with Gasteiger partial charge in [-0.3, -0.25) is 4.79 Å². The summed E-state index contributed by atoms with van der Waals surface area (Å²) in [5.41, 5.74) is -9.61. The van der Waals surface area contributed by atoms with Crippen molar-refractivity contribution in [2.45, 2.75) is 75.7 Å². The van der Waals surface area contributed by atoms with E-state index in [2.05, 4.69) is 0 Å². The van der Waals surface area contributed by atoms with Gasteiger partial charge < -0.3 is 43.7 Å². The maximum Gasteiger partial charge on any atom is 0.358 e. The van der Waals surface area contributed by atoms with Crippen LogP contribution < -0.4 is 4.74 Å². The first-order valence-electron chi connectivity index (χ1n) is 13.0. The van der Waals surface area contributed by atoms with Crippen LogP contribution in [0.1, 0.15) is 27.7 Å². The monoisotopic (exact) mass is 576 g/mol. The van der Waals surface area contributed by atoms with Crippen molar-refractivity contribution in [1.82, 2.24) is 0 Å². The Kier molecular flexibility index (Phi) is 4.90. The number of benzene rings is 1. The summed E-state index contributed by atoms with van der Waals surface area (Å²) >= 11 is 5.35. The van der Waals surface area contributed by atoms with Gasteiger partial charge in [-0.1, -0.05) is 39.0 Å². The first-order valence-corrected chi connectivity index (χ1v) is 13.4. The Labute approximate surface area is 233 Å². The highest BCUT2D eigenvalue weighted by Gasteiger charge is 3.05. The normalized spacial score (nSPS) is 49.5. The largest absolute Gasteiger partial charge is 0.456 e. The number of carbonyl (C=O) groups is 3. The molecule has 13 heteroatoms. The molecule has 2 aliphatic carbocycles. The van der Waals surface area contributed by atoms with Gasteiger partial charge in [0.25, 0.3) is 0 Å². The summed E-state index contributed by atoms with van der Waals surface area (Å²) in [5.74, 6) is -4.89. The molecule has 0 amide bonds. The van der Waals surface area contributed by atoms with Gasteiger partial charge in [-0.2, -0.15) is 0 Å². The van der Waals surface area contributed by atoms with Crippen molar-refractivity contribution < 1.29 is 58.1 Å². The summed E-state index contributed by atoms with van der Waals surface area (Å²) in [6, 6.07) is 8.43. The molecule has 2 spiro atoms. The average Bonchev–Trinajstić information content (AvgIpc) is 3.57. The molecule has 4 aliphatic heterocycles. The van der Waals surface area contributed by atoms with Crippen molar-refractivity contribution >= 4 is 35.4 Å². The van der Waals surface area contributed by atoms with Gasteiger partial charge in [0, 0.05) is 18.1 Å². The van der Waals surface area contributed by atoms with E-state index in [1.54, 1.807) is 51.1 Å². The molecule has 6 fully saturated rings. The number of thiocarbonyl (C=S) groups is 1. The van der Waals surface area contributed by atoms with Crippen molar-refractivity contribution in [2.24, 2.45) is 28.1 Å². The van der Waals surface area contributed by atoms with Gasteiger partial charge in [-0.15, -0.1) is 0 Å². The molecule has 12 nitrogen and oxygen atoms in total. The Bertz CT molecular complexity index is 1360. The highest BCUT2D eigenvalue weighted by molar-refractivity contribution is 7.79. The Morgan fingerprint density at radius 2 is 1.68 bits per heavy atom. The number of hydrogen-bond donors (Lipinski definition) is 3. The maximum atomic E-state index is 13.8. The van der Waals surface area contributed by atoms with Crippen molar-refractivity contribution in [2.75, 3.05) is 0 Å². The van der Waals surface area contributed by atoms with Crippen LogP contribution >= 0.6 is 12.2 Å². The predicted octanol–water partition coefficient (Wildman–Crippen LogP) is -0.0105. The molecule has 1 aromatic rings. The minimum atomic E-state index is -2.45. The Hall–Kier alpha value is -2.84. The zero-order chi connectivity index (χ0) is 28.8. The molecule has 40 heavy (non-hydrogen) atoms. The quantitative estimate of drug-likeness (QED) is 0.245. The van der Waals surface area contributed by atoms with E-state index in [1.807, 2.05) is 0 Å². The highest BCUT2D eigenvalue weighted by Crippen LogP contribution is 2.84. The number of aliphatic hydroxyl groups is 3. The van der Waals surface area contributed by atoms with Gasteiger partial charge in [0.1, 0.15) is 23.4 Å². The molecular formula is C27H28O12S. The number of hydrogen-bond acceptors (Lipinski definition) is 13. The number of para-hydroxylation sites is 1. The molecule has 0 radical (unpaired) electrons. The highest BCUT2D eigenvalue weighted by atomic mass is 32.1. The fourth-order valence-electron chi connectivity index (χ4n) is 9.09. The summed E-state index contributed by atoms with van der Waals surface area (Å²) in [4.78, 5) is 40.1. The lowest BCUT2D eigenvalue weighted by Gasteiger charge is -2.48. The number of rotatable bonds is 2. The molecule has 4 saturated heterocycles. The third-order valence-electron chi connectivity index (χ3n) is 10.1. The minimum absolute atomic E-state index is 0.324. The molecule has 8 unspecified atom stereocenters. The van der Waals surface area contributed by atoms with Crippen molar-refractivity contribution in [3.8, 4) is 5.75 Å². The standard InChI is InChI=1S/C27H28O12S/c1-10-18(30)35-16-14(29)25-15-12(28)13(23(2,3)4)24(25)17(37-22(40)34-11-8-6-5-7-9-11)19(31)38-21(24)39-27(25,20(32)36-15)26(10,16)33/h5-10,12-17,21,28-29,33H,1-4H3/t10-,12-,13?,14?,15?,16?,17+,21?,24?,25?,26-,27?/m1/s1. The first-order chi connectivity index (χ1) is 18.7. The fraction of sp³-hybridized carbons (Fsp3) is 0.630. The molecule has 4 heterocycles. The van der Waals surface area contributed by atoms with Crippen molar-refractivity contribution in [3.05, 3.63) is 30.3 Å². The molecule has 12 atom stereocenters. The van der Waals surface area contributed by atoms with Crippen LogP contribution in [0.15, 0.2) is 30.3 Å². The van der Waals surface area contributed by atoms with E-state index in [0.29, 0.717) is 5.75 Å². The van der Waals surface area contributed by atoms with Gasteiger partial charge in [0.05, 0.1) is 17.4 Å². The molecular weight excluding hydrogens is 548 g/mol. The van der Waals surface area contributed by atoms with Crippen molar-refractivity contribution in [1.29, 1.82) is 0 Å². The SMILES string of the molecule is C[C@@H]1C(=O)OC2C(O)C34C5OC(=O)C3(OC3OC(=O)[C@H](OC(=S)Oc6ccccc6)C34C(C(C)(C)C)[C@H]5O)[C@]21O. The Morgan fingerprint density at radius 1 is 1.00 bits per heavy atom. The zero-order valence-corrected chi connectivity index (χ0v) is 22.7. The van der Waals surface area contributed by atoms with E-state index >= 15 is 0 Å². The molecule has 214 valence electrons. The molecule has 0 bridgehead atoms. The van der Waals surface area contributed by atoms with E-state index in [4.69, 9.17) is 40.6 Å².